The van der Waals surface area contributed by atoms with E-state index >= 15 is 0 Å². The smallest absolute Gasteiger partial charge is 0.185 e. The van der Waals surface area contributed by atoms with E-state index in [2.05, 4.69) is 0 Å². The average Bonchev–Trinajstić information content (AvgIpc) is 2.59. The number of rotatable bonds is 4. The third kappa shape index (κ3) is 3.40. The number of hydrogen-bond donors (Lipinski definition) is 1. The summed E-state index contributed by atoms with van der Waals surface area (Å²) in [4.78, 5) is 12.1. The summed E-state index contributed by atoms with van der Waals surface area (Å²) in [7, 11) is 1.64. The zero-order chi connectivity index (χ0) is 16.2. The van der Waals surface area contributed by atoms with Crippen LogP contribution in [0.2, 0.25) is 0 Å². The number of methoxy groups -OCH3 is 1. The number of allylic oxidation sites excluding steroid dienone is 1. The van der Waals surface area contributed by atoms with Crippen molar-refractivity contribution in [2.75, 3.05) is 7.11 Å². The molecule has 0 amide bonds. The topological polar surface area (TPSA) is 46.5 Å². The largest absolute Gasteiger partial charge is 0.508 e. The van der Waals surface area contributed by atoms with E-state index < -0.39 is 0 Å². The van der Waals surface area contributed by atoms with Gasteiger partial charge in [-0.1, -0.05) is 36.4 Å². The van der Waals surface area contributed by atoms with E-state index in [9.17, 15) is 9.90 Å². The highest BCUT2D eigenvalue weighted by Gasteiger charge is 2.02. The minimum absolute atomic E-state index is 0.0869. The van der Waals surface area contributed by atoms with Crippen LogP contribution >= 0.6 is 0 Å². The van der Waals surface area contributed by atoms with Gasteiger partial charge >= 0.3 is 0 Å². The summed E-state index contributed by atoms with van der Waals surface area (Å²) in [5, 5.41) is 11.6. The van der Waals surface area contributed by atoms with Crippen LogP contribution in [0.5, 0.6) is 11.5 Å². The van der Waals surface area contributed by atoms with Crippen LogP contribution in [0.15, 0.2) is 66.7 Å². The lowest BCUT2D eigenvalue weighted by Crippen LogP contribution is -1.93. The first-order valence-electron chi connectivity index (χ1n) is 7.25. The molecule has 0 saturated heterocycles. The molecule has 0 aliphatic carbocycles. The second-order valence-electron chi connectivity index (χ2n) is 5.22. The molecule has 1 N–H and O–H groups in total. The highest BCUT2D eigenvalue weighted by atomic mass is 16.5. The maximum atomic E-state index is 12.1. The van der Waals surface area contributed by atoms with Crippen molar-refractivity contribution >= 4 is 22.6 Å². The Morgan fingerprint density at radius 3 is 2.57 bits per heavy atom. The number of ketones is 1. The van der Waals surface area contributed by atoms with Crippen molar-refractivity contribution in [3.05, 3.63) is 77.9 Å². The minimum atomic E-state index is -0.143. The van der Waals surface area contributed by atoms with Crippen molar-refractivity contribution in [1.29, 1.82) is 0 Å². The van der Waals surface area contributed by atoms with Gasteiger partial charge in [-0.3, -0.25) is 4.79 Å². The normalized spacial score (nSPS) is 11.0. The van der Waals surface area contributed by atoms with E-state index in [4.69, 9.17) is 4.74 Å². The molecule has 0 unspecified atom stereocenters. The van der Waals surface area contributed by atoms with E-state index in [0.717, 1.165) is 22.1 Å². The van der Waals surface area contributed by atoms with E-state index in [1.165, 1.54) is 18.2 Å². The monoisotopic (exact) mass is 304 g/mol. The van der Waals surface area contributed by atoms with Crippen molar-refractivity contribution in [2.24, 2.45) is 0 Å². The molecular formula is C20H16O3. The van der Waals surface area contributed by atoms with Gasteiger partial charge in [0, 0.05) is 5.56 Å². The van der Waals surface area contributed by atoms with Crippen molar-refractivity contribution < 1.29 is 14.6 Å². The zero-order valence-corrected chi connectivity index (χ0v) is 12.7. The summed E-state index contributed by atoms with van der Waals surface area (Å²) in [6.45, 7) is 0. The molecule has 0 heterocycles. The Kier molecular flexibility index (Phi) is 4.11. The number of fused-ring (bicyclic) bond motifs is 1. The maximum absolute atomic E-state index is 12.1. The molecule has 3 rings (SSSR count). The summed E-state index contributed by atoms with van der Waals surface area (Å²) < 4.78 is 5.21. The molecule has 3 nitrogen and oxygen atoms in total. The lowest BCUT2D eigenvalue weighted by molar-refractivity contribution is 0.104. The standard InChI is InChI=1S/C20H16O3/c1-23-19-9-8-15-11-14(5-7-16(15)13-19)6-10-20(22)17-3-2-4-18(21)12-17/h2-13,21H,1H3/b10-6+. The Hall–Kier alpha value is -3.07. The summed E-state index contributed by atoms with van der Waals surface area (Å²) >= 11 is 0. The lowest BCUT2D eigenvalue weighted by atomic mass is 10.0. The Balaban J connectivity index is 1.84. The van der Waals surface area contributed by atoms with Crippen molar-refractivity contribution in [1.82, 2.24) is 0 Å². The van der Waals surface area contributed by atoms with Crippen LogP contribution in [-0.2, 0) is 0 Å². The molecule has 0 radical (unpaired) electrons. The number of phenols is 1. The van der Waals surface area contributed by atoms with Gasteiger partial charge < -0.3 is 9.84 Å². The van der Waals surface area contributed by atoms with Crippen LogP contribution in [0.1, 0.15) is 15.9 Å². The SMILES string of the molecule is COc1ccc2cc(/C=C/C(=O)c3cccc(O)c3)ccc2c1. The predicted molar refractivity (Wildman–Crippen MR) is 92.0 cm³/mol. The fourth-order valence-electron chi connectivity index (χ4n) is 2.40. The predicted octanol–water partition coefficient (Wildman–Crippen LogP) is 4.45. The molecule has 3 aromatic rings. The summed E-state index contributed by atoms with van der Waals surface area (Å²) in [5.41, 5.74) is 1.41. The average molecular weight is 304 g/mol. The van der Waals surface area contributed by atoms with Gasteiger partial charge in [0.15, 0.2) is 5.78 Å². The Bertz CT molecular complexity index is 894. The Labute approximate surface area is 134 Å². The molecule has 3 heteroatoms. The molecule has 0 aromatic heterocycles. The van der Waals surface area contributed by atoms with Crippen molar-refractivity contribution in [3.8, 4) is 11.5 Å². The van der Waals surface area contributed by atoms with E-state index in [1.807, 2.05) is 36.4 Å². The van der Waals surface area contributed by atoms with Gasteiger partial charge in [0.1, 0.15) is 11.5 Å². The van der Waals surface area contributed by atoms with Gasteiger partial charge in [0.05, 0.1) is 7.11 Å². The quantitative estimate of drug-likeness (QED) is 0.572. The van der Waals surface area contributed by atoms with Gasteiger partial charge in [-0.05, 0) is 52.7 Å². The van der Waals surface area contributed by atoms with Crippen LogP contribution in [0.3, 0.4) is 0 Å². The molecule has 0 aliphatic heterocycles. The third-order valence-corrected chi connectivity index (χ3v) is 3.63. The molecule has 0 bridgehead atoms. The van der Waals surface area contributed by atoms with Crippen molar-refractivity contribution in [2.45, 2.75) is 0 Å². The molecule has 23 heavy (non-hydrogen) atoms. The number of benzene rings is 3. The summed E-state index contributed by atoms with van der Waals surface area (Å²) in [6, 6.07) is 18.2. The van der Waals surface area contributed by atoms with Crippen molar-refractivity contribution in [3.63, 3.8) is 0 Å². The van der Waals surface area contributed by atoms with Gasteiger partial charge in [-0.15, -0.1) is 0 Å². The number of carbonyl (C=O) groups excluding carboxylic acids is 1. The first-order valence-corrected chi connectivity index (χ1v) is 7.25. The van der Waals surface area contributed by atoms with Gasteiger partial charge in [0.25, 0.3) is 0 Å². The maximum Gasteiger partial charge on any atom is 0.185 e. The molecule has 114 valence electrons. The summed E-state index contributed by atoms with van der Waals surface area (Å²) in [5.74, 6) is 0.763. The number of hydrogen-bond acceptors (Lipinski definition) is 3. The van der Waals surface area contributed by atoms with Crippen LogP contribution in [-0.4, -0.2) is 18.0 Å². The molecule has 0 atom stereocenters. The molecule has 3 aromatic carbocycles. The van der Waals surface area contributed by atoms with Crippen LogP contribution in [0.4, 0.5) is 0 Å². The fourth-order valence-corrected chi connectivity index (χ4v) is 2.40. The number of ether oxygens (including phenoxy) is 1. The zero-order valence-electron chi connectivity index (χ0n) is 12.7. The first kappa shape index (κ1) is 14.9. The molecule has 0 aliphatic rings. The number of phenolic OH excluding ortho intramolecular Hbond substituents is 1. The molecule has 0 saturated carbocycles. The second kappa shape index (κ2) is 6.36. The van der Waals surface area contributed by atoms with Gasteiger partial charge in [0.2, 0.25) is 0 Å². The molecule has 0 spiro atoms. The highest BCUT2D eigenvalue weighted by molar-refractivity contribution is 6.07. The van der Waals surface area contributed by atoms with Gasteiger partial charge in [-0.2, -0.15) is 0 Å². The lowest BCUT2D eigenvalue weighted by Gasteiger charge is -2.03. The molecular weight excluding hydrogens is 288 g/mol. The summed E-state index contributed by atoms with van der Waals surface area (Å²) in [6.07, 6.45) is 3.29. The first-order chi connectivity index (χ1) is 11.2. The van der Waals surface area contributed by atoms with E-state index in [1.54, 1.807) is 25.3 Å². The Morgan fingerprint density at radius 2 is 1.78 bits per heavy atom. The molecule has 0 fully saturated rings. The van der Waals surface area contributed by atoms with E-state index in [0.29, 0.717) is 5.56 Å². The second-order valence-corrected chi connectivity index (χ2v) is 5.22. The van der Waals surface area contributed by atoms with Gasteiger partial charge in [-0.25, -0.2) is 0 Å². The number of carbonyl (C=O) groups is 1. The highest BCUT2D eigenvalue weighted by Crippen LogP contribution is 2.22. The van der Waals surface area contributed by atoms with Crippen LogP contribution < -0.4 is 4.74 Å². The fraction of sp³-hybridized carbons (Fsp3) is 0.0500. The van der Waals surface area contributed by atoms with Crippen LogP contribution in [0.25, 0.3) is 16.8 Å². The van der Waals surface area contributed by atoms with Crippen LogP contribution in [0, 0.1) is 0 Å². The van der Waals surface area contributed by atoms with E-state index in [-0.39, 0.29) is 11.5 Å². The third-order valence-electron chi connectivity index (χ3n) is 3.63. The Morgan fingerprint density at radius 1 is 1.00 bits per heavy atom. The minimum Gasteiger partial charge on any atom is -0.508 e. The number of aromatic hydroxyl groups is 1.